The maximum atomic E-state index is 12.4. The van der Waals surface area contributed by atoms with Gasteiger partial charge < -0.3 is 20.1 Å². The Labute approximate surface area is 186 Å². The van der Waals surface area contributed by atoms with Crippen LogP contribution in [0.1, 0.15) is 36.8 Å². The second-order valence-corrected chi connectivity index (χ2v) is 8.28. The molecule has 2 amide bonds. The number of carbonyl (C=O) groups is 3. The highest BCUT2D eigenvalue weighted by molar-refractivity contribution is 5.93. The van der Waals surface area contributed by atoms with E-state index in [4.69, 9.17) is 4.74 Å². The van der Waals surface area contributed by atoms with Crippen molar-refractivity contribution in [2.24, 2.45) is 0 Å². The molecule has 2 N–H and O–H groups in total. The maximum Gasteiger partial charge on any atom is 0.407 e. The molecule has 1 aliphatic heterocycles. The molecule has 1 fully saturated rings. The highest BCUT2D eigenvalue weighted by Gasteiger charge is 2.45. The molecule has 0 aromatic heterocycles. The van der Waals surface area contributed by atoms with Gasteiger partial charge in [-0.15, -0.1) is 0 Å². The molecule has 7 nitrogen and oxygen atoms in total. The lowest BCUT2D eigenvalue weighted by Gasteiger charge is -2.30. The number of aliphatic carboxylic acids is 1. The van der Waals surface area contributed by atoms with Gasteiger partial charge in [0.05, 0.1) is 0 Å². The van der Waals surface area contributed by atoms with E-state index in [0.29, 0.717) is 19.4 Å². The van der Waals surface area contributed by atoms with Crippen molar-refractivity contribution in [1.82, 2.24) is 10.2 Å². The number of likely N-dealkylation sites (tertiary alicyclic amines) is 1. The van der Waals surface area contributed by atoms with Gasteiger partial charge >= 0.3 is 12.1 Å². The third-order valence-electron chi connectivity index (χ3n) is 6.34. The lowest BCUT2D eigenvalue weighted by Crippen LogP contribution is -2.50. The summed E-state index contributed by atoms with van der Waals surface area (Å²) in [6.45, 7) is 2.29. The van der Waals surface area contributed by atoms with Crippen molar-refractivity contribution in [3.8, 4) is 11.1 Å². The first kappa shape index (κ1) is 21.6. The molecule has 32 heavy (non-hydrogen) atoms. The Bertz CT molecular complexity index is 1030. The van der Waals surface area contributed by atoms with Gasteiger partial charge in [0, 0.05) is 25.1 Å². The molecule has 0 radical (unpaired) electrons. The Balaban J connectivity index is 1.29. The Hall–Kier alpha value is -3.61. The molecular weight excluding hydrogens is 408 g/mol. The average Bonchev–Trinajstić information content (AvgIpc) is 3.34. The van der Waals surface area contributed by atoms with Gasteiger partial charge in [-0.2, -0.15) is 0 Å². The van der Waals surface area contributed by atoms with Crippen LogP contribution in [0.3, 0.4) is 0 Å². The number of amides is 2. The monoisotopic (exact) mass is 434 g/mol. The summed E-state index contributed by atoms with van der Waals surface area (Å²) in [5.41, 5.74) is 3.42. The Kier molecular flexibility index (Phi) is 5.99. The second-order valence-electron chi connectivity index (χ2n) is 8.28. The van der Waals surface area contributed by atoms with Crippen LogP contribution in [0, 0.1) is 0 Å². The predicted octanol–water partition coefficient (Wildman–Crippen LogP) is 3.55. The van der Waals surface area contributed by atoms with Gasteiger partial charge in [-0.1, -0.05) is 54.6 Å². The number of rotatable bonds is 6. The number of benzene rings is 2. The number of carboxylic acid groups (broad SMARTS) is 1. The van der Waals surface area contributed by atoms with E-state index in [1.165, 1.54) is 17.1 Å². The topological polar surface area (TPSA) is 95.9 Å². The molecule has 0 bridgehead atoms. The summed E-state index contributed by atoms with van der Waals surface area (Å²) in [4.78, 5) is 37.4. The lowest BCUT2D eigenvalue weighted by molar-refractivity contribution is -0.153. The van der Waals surface area contributed by atoms with Crippen LogP contribution in [0.2, 0.25) is 0 Å². The van der Waals surface area contributed by atoms with Crippen molar-refractivity contribution < 1.29 is 24.2 Å². The minimum atomic E-state index is -1.18. The SMILES string of the molecule is C[C@@]1(C(=O)O)CCCN1C(=O)/C=C/CNC(=O)OCC1c2ccccc2-c2ccccc21. The molecule has 4 rings (SSSR count). The van der Waals surface area contributed by atoms with E-state index in [-0.39, 0.29) is 25.0 Å². The van der Waals surface area contributed by atoms with Crippen LogP contribution in [0.15, 0.2) is 60.7 Å². The zero-order chi connectivity index (χ0) is 22.7. The lowest BCUT2D eigenvalue weighted by atomic mass is 9.98. The molecule has 7 heteroatoms. The minimum Gasteiger partial charge on any atom is -0.480 e. The van der Waals surface area contributed by atoms with Crippen molar-refractivity contribution in [3.63, 3.8) is 0 Å². The molecule has 1 aliphatic carbocycles. The number of hydrogen-bond donors (Lipinski definition) is 2. The van der Waals surface area contributed by atoms with Gasteiger partial charge in [0.2, 0.25) is 5.91 Å². The van der Waals surface area contributed by atoms with Crippen molar-refractivity contribution in [2.45, 2.75) is 31.2 Å². The normalized spacial score (nSPS) is 19.6. The standard InChI is InChI=1S/C25H26N2O5/c1-25(23(29)30)13-7-15-27(25)22(28)12-6-14-26-24(31)32-16-21-19-10-4-2-8-17(19)18-9-3-5-11-20(18)21/h2-6,8-12,21H,7,13-16H2,1H3,(H,26,31)(H,29,30)/b12-6+/t25-/m0/s1. The quantitative estimate of drug-likeness (QED) is 0.678. The van der Waals surface area contributed by atoms with Crippen molar-refractivity contribution in [2.75, 3.05) is 19.7 Å². The molecule has 0 saturated carbocycles. The number of nitrogens with zero attached hydrogens (tertiary/aromatic N) is 1. The first-order valence-corrected chi connectivity index (χ1v) is 10.7. The van der Waals surface area contributed by atoms with Crippen LogP contribution in [0.25, 0.3) is 11.1 Å². The van der Waals surface area contributed by atoms with Crippen molar-refractivity contribution in [3.05, 3.63) is 71.8 Å². The summed E-state index contributed by atoms with van der Waals surface area (Å²) in [5.74, 6) is -1.40. The van der Waals surface area contributed by atoms with E-state index < -0.39 is 17.6 Å². The Morgan fingerprint density at radius 3 is 2.38 bits per heavy atom. The van der Waals surface area contributed by atoms with E-state index >= 15 is 0 Å². The van der Waals surface area contributed by atoms with E-state index in [1.54, 1.807) is 6.92 Å². The fraction of sp³-hybridized carbons (Fsp3) is 0.320. The Morgan fingerprint density at radius 1 is 1.12 bits per heavy atom. The number of alkyl carbamates (subject to hydrolysis) is 1. The zero-order valence-corrected chi connectivity index (χ0v) is 17.9. The van der Waals surface area contributed by atoms with Gasteiger partial charge in [-0.3, -0.25) is 4.79 Å². The van der Waals surface area contributed by atoms with Crippen molar-refractivity contribution in [1.29, 1.82) is 0 Å². The second kappa shape index (κ2) is 8.86. The zero-order valence-electron chi connectivity index (χ0n) is 17.9. The smallest absolute Gasteiger partial charge is 0.407 e. The van der Waals surface area contributed by atoms with E-state index in [1.807, 2.05) is 24.3 Å². The highest BCUT2D eigenvalue weighted by Crippen LogP contribution is 2.44. The van der Waals surface area contributed by atoms with Crippen LogP contribution in [0.4, 0.5) is 4.79 Å². The van der Waals surface area contributed by atoms with E-state index in [9.17, 15) is 19.5 Å². The number of fused-ring (bicyclic) bond motifs is 3. The maximum absolute atomic E-state index is 12.4. The molecular formula is C25H26N2O5. The van der Waals surface area contributed by atoms with Gasteiger partial charge in [-0.25, -0.2) is 9.59 Å². The largest absolute Gasteiger partial charge is 0.480 e. The third kappa shape index (κ3) is 3.98. The van der Waals surface area contributed by atoms with Gasteiger partial charge in [0.1, 0.15) is 12.1 Å². The molecule has 166 valence electrons. The molecule has 2 aliphatic rings. The van der Waals surface area contributed by atoms with Gasteiger partial charge in [0.25, 0.3) is 0 Å². The summed E-state index contributed by atoms with van der Waals surface area (Å²) >= 11 is 0. The number of carboxylic acids is 1. The molecule has 0 unspecified atom stereocenters. The number of hydrogen-bond acceptors (Lipinski definition) is 4. The molecule has 1 saturated heterocycles. The first-order chi connectivity index (χ1) is 15.4. The fourth-order valence-electron chi connectivity index (χ4n) is 4.58. The number of carbonyl (C=O) groups excluding carboxylic acids is 2. The van der Waals surface area contributed by atoms with E-state index in [0.717, 1.165) is 22.3 Å². The van der Waals surface area contributed by atoms with Crippen LogP contribution in [0.5, 0.6) is 0 Å². The van der Waals surface area contributed by atoms with Crippen LogP contribution in [-0.4, -0.2) is 53.2 Å². The molecule has 2 aromatic rings. The summed E-state index contributed by atoms with van der Waals surface area (Å²) in [7, 11) is 0. The van der Waals surface area contributed by atoms with Crippen LogP contribution in [-0.2, 0) is 14.3 Å². The van der Waals surface area contributed by atoms with Gasteiger partial charge in [-0.05, 0) is 42.0 Å². The molecule has 1 heterocycles. The van der Waals surface area contributed by atoms with E-state index in [2.05, 4.69) is 29.6 Å². The summed E-state index contributed by atoms with van der Waals surface area (Å²) in [6, 6.07) is 16.2. The average molecular weight is 434 g/mol. The molecule has 1 atom stereocenters. The Morgan fingerprint density at radius 2 is 1.75 bits per heavy atom. The van der Waals surface area contributed by atoms with Crippen molar-refractivity contribution >= 4 is 18.0 Å². The minimum absolute atomic E-state index is 0.0193. The fourth-order valence-corrected chi connectivity index (χ4v) is 4.58. The number of ether oxygens (including phenoxy) is 1. The highest BCUT2D eigenvalue weighted by atomic mass is 16.5. The van der Waals surface area contributed by atoms with Crippen LogP contribution >= 0.6 is 0 Å². The van der Waals surface area contributed by atoms with Crippen LogP contribution < -0.4 is 5.32 Å². The summed E-state index contributed by atoms with van der Waals surface area (Å²) in [5, 5.41) is 12.0. The summed E-state index contributed by atoms with van der Waals surface area (Å²) in [6.07, 6.45) is 3.32. The summed E-state index contributed by atoms with van der Waals surface area (Å²) < 4.78 is 5.45. The van der Waals surface area contributed by atoms with Gasteiger partial charge in [0.15, 0.2) is 0 Å². The molecule has 2 aromatic carbocycles. The number of nitrogens with one attached hydrogen (secondary N) is 1. The molecule has 0 spiro atoms. The predicted molar refractivity (Wildman–Crippen MR) is 119 cm³/mol. The third-order valence-corrected chi connectivity index (χ3v) is 6.34. The first-order valence-electron chi connectivity index (χ1n) is 10.7.